The highest BCUT2D eigenvalue weighted by Gasteiger charge is 2.27. The summed E-state index contributed by atoms with van der Waals surface area (Å²) in [5.74, 6) is -0.107. The van der Waals surface area contributed by atoms with Crippen LogP contribution in [0, 0.1) is 13.8 Å². The second kappa shape index (κ2) is 5.48. The van der Waals surface area contributed by atoms with Gasteiger partial charge < -0.3 is 14.8 Å². The molecule has 1 aliphatic heterocycles. The van der Waals surface area contributed by atoms with Crippen LogP contribution < -0.4 is 10.9 Å². The maximum Gasteiger partial charge on any atom is 0.336 e. The number of anilines is 1. The van der Waals surface area contributed by atoms with Crippen molar-refractivity contribution in [1.29, 1.82) is 0 Å². The van der Waals surface area contributed by atoms with Gasteiger partial charge in [0.15, 0.2) is 0 Å². The monoisotopic (exact) mass is 335 g/mol. The molecule has 126 valence electrons. The van der Waals surface area contributed by atoms with Gasteiger partial charge in [0.2, 0.25) is 5.91 Å². The maximum atomic E-state index is 12.1. The van der Waals surface area contributed by atoms with E-state index in [1.165, 1.54) is 6.07 Å². The van der Waals surface area contributed by atoms with Crippen LogP contribution in [-0.4, -0.2) is 11.0 Å². The minimum Gasteiger partial charge on any atom is -0.508 e. The Hall–Kier alpha value is -3.08. The minimum atomic E-state index is -0.385. The lowest BCUT2D eigenvalue weighted by Crippen LogP contribution is -2.23. The fourth-order valence-electron chi connectivity index (χ4n) is 3.47. The maximum absolute atomic E-state index is 12.1. The van der Waals surface area contributed by atoms with Crippen LogP contribution in [0.1, 0.15) is 34.6 Å². The molecule has 2 heterocycles. The number of carbonyl (C=O) groups excluding carboxylic acids is 1. The van der Waals surface area contributed by atoms with Crippen LogP contribution in [0.3, 0.4) is 0 Å². The van der Waals surface area contributed by atoms with E-state index < -0.39 is 0 Å². The predicted octanol–water partition coefficient (Wildman–Crippen LogP) is 3.59. The molecular formula is C20H17NO4. The lowest BCUT2D eigenvalue weighted by atomic mass is 9.83. The molecule has 1 atom stereocenters. The SMILES string of the molecule is Cc1cc2c(cc1O)NC(=O)CC2c1ccc2c(C)cc(=O)oc2c1. The number of carbonyl (C=O) groups is 1. The summed E-state index contributed by atoms with van der Waals surface area (Å²) in [5.41, 5.74) is 4.22. The predicted molar refractivity (Wildman–Crippen MR) is 95.2 cm³/mol. The fraction of sp³-hybridized carbons (Fsp3) is 0.200. The molecule has 4 rings (SSSR count). The molecule has 1 aromatic heterocycles. The summed E-state index contributed by atoms with van der Waals surface area (Å²) in [6.07, 6.45) is 0.304. The van der Waals surface area contributed by atoms with Gasteiger partial charge in [0.05, 0.1) is 0 Å². The molecule has 5 heteroatoms. The standard InChI is InChI=1S/C20H17NO4/c1-10-6-20(24)25-18-7-12(3-4-13(10)18)14-8-19(23)21-16-9-17(22)11(2)5-15(14)16/h3-7,9,14,22H,8H2,1-2H3,(H,21,23). The van der Waals surface area contributed by atoms with Gasteiger partial charge in [-0.15, -0.1) is 0 Å². The average molecular weight is 335 g/mol. The smallest absolute Gasteiger partial charge is 0.336 e. The Bertz CT molecular complexity index is 1080. The van der Waals surface area contributed by atoms with Crippen molar-refractivity contribution in [2.75, 3.05) is 5.32 Å². The largest absolute Gasteiger partial charge is 0.508 e. The first-order valence-electron chi connectivity index (χ1n) is 8.10. The topological polar surface area (TPSA) is 79.5 Å². The zero-order chi connectivity index (χ0) is 17.7. The number of fused-ring (bicyclic) bond motifs is 2. The quantitative estimate of drug-likeness (QED) is 0.666. The highest BCUT2D eigenvalue weighted by Crippen LogP contribution is 2.40. The highest BCUT2D eigenvalue weighted by atomic mass is 16.4. The van der Waals surface area contributed by atoms with Gasteiger partial charge >= 0.3 is 5.63 Å². The van der Waals surface area contributed by atoms with Gasteiger partial charge in [-0.1, -0.05) is 12.1 Å². The molecule has 2 aromatic carbocycles. The molecule has 1 unspecified atom stereocenters. The molecule has 0 bridgehead atoms. The number of nitrogens with one attached hydrogen (secondary N) is 1. The first-order chi connectivity index (χ1) is 11.9. The number of phenolic OH excluding ortho intramolecular Hbond substituents is 1. The van der Waals surface area contributed by atoms with Crippen LogP contribution in [0.25, 0.3) is 11.0 Å². The molecule has 0 saturated carbocycles. The molecule has 1 amide bonds. The Kier molecular flexibility index (Phi) is 3.39. The Morgan fingerprint density at radius 3 is 2.68 bits per heavy atom. The third-order valence-electron chi connectivity index (χ3n) is 4.78. The molecule has 0 radical (unpaired) electrons. The van der Waals surface area contributed by atoms with Crippen LogP contribution in [0.4, 0.5) is 5.69 Å². The number of aryl methyl sites for hydroxylation is 2. The first-order valence-corrected chi connectivity index (χ1v) is 8.10. The van der Waals surface area contributed by atoms with E-state index in [1.807, 2.05) is 38.1 Å². The van der Waals surface area contributed by atoms with Gasteiger partial charge in [-0.25, -0.2) is 4.79 Å². The number of benzene rings is 2. The van der Waals surface area contributed by atoms with Crippen molar-refractivity contribution < 1.29 is 14.3 Å². The lowest BCUT2D eigenvalue weighted by Gasteiger charge is -2.27. The van der Waals surface area contributed by atoms with E-state index in [-0.39, 0.29) is 23.2 Å². The molecule has 1 aliphatic rings. The van der Waals surface area contributed by atoms with E-state index in [9.17, 15) is 14.7 Å². The second-order valence-electron chi connectivity index (χ2n) is 6.53. The molecule has 25 heavy (non-hydrogen) atoms. The van der Waals surface area contributed by atoms with Crippen molar-refractivity contribution in [1.82, 2.24) is 0 Å². The molecule has 0 aliphatic carbocycles. The summed E-state index contributed by atoms with van der Waals surface area (Å²) in [6, 6.07) is 10.7. The van der Waals surface area contributed by atoms with Crippen molar-refractivity contribution in [2.45, 2.75) is 26.2 Å². The third kappa shape index (κ3) is 2.58. The number of rotatable bonds is 1. The van der Waals surface area contributed by atoms with E-state index in [1.54, 1.807) is 6.07 Å². The number of amides is 1. The van der Waals surface area contributed by atoms with Crippen molar-refractivity contribution in [3.05, 3.63) is 69.1 Å². The summed E-state index contributed by atoms with van der Waals surface area (Å²) < 4.78 is 5.34. The van der Waals surface area contributed by atoms with Gasteiger partial charge in [0, 0.05) is 35.5 Å². The molecule has 3 aromatic rings. The summed E-state index contributed by atoms with van der Waals surface area (Å²) in [4.78, 5) is 23.8. The summed E-state index contributed by atoms with van der Waals surface area (Å²) >= 11 is 0. The number of hydrogen-bond acceptors (Lipinski definition) is 4. The number of aromatic hydroxyl groups is 1. The van der Waals surface area contributed by atoms with Gasteiger partial charge in [-0.05, 0) is 48.2 Å². The zero-order valence-electron chi connectivity index (χ0n) is 13.9. The van der Waals surface area contributed by atoms with Crippen LogP contribution in [0.15, 0.2) is 45.6 Å². The Labute approximate surface area is 143 Å². The van der Waals surface area contributed by atoms with Crippen LogP contribution in [0.2, 0.25) is 0 Å². The summed E-state index contributed by atoms with van der Waals surface area (Å²) in [6.45, 7) is 3.69. The summed E-state index contributed by atoms with van der Waals surface area (Å²) in [7, 11) is 0. The lowest BCUT2D eigenvalue weighted by molar-refractivity contribution is -0.116. The summed E-state index contributed by atoms with van der Waals surface area (Å²) in [5, 5.41) is 13.6. The van der Waals surface area contributed by atoms with E-state index in [0.29, 0.717) is 17.7 Å². The van der Waals surface area contributed by atoms with Gasteiger partial charge in [-0.2, -0.15) is 0 Å². The minimum absolute atomic E-state index is 0.105. The zero-order valence-corrected chi connectivity index (χ0v) is 13.9. The molecule has 0 fully saturated rings. The van der Waals surface area contributed by atoms with Crippen LogP contribution in [0.5, 0.6) is 5.75 Å². The Balaban J connectivity index is 1.90. The number of phenols is 1. The number of hydrogen-bond donors (Lipinski definition) is 2. The van der Waals surface area contributed by atoms with Gasteiger partial charge in [0.1, 0.15) is 11.3 Å². The van der Waals surface area contributed by atoms with E-state index in [2.05, 4.69) is 5.32 Å². The average Bonchev–Trinajstić information content (AvgIpc) is 2.55. The second-order valence-corrected chi connectivity index (χ2v) is 6.53. The van der Waals surface area contributed by atoms with Crippen molar-refractivity contribution in [2.24, 2.45) is 0 Å². The molecule has 5 nitrogen and oxygen atoms in total. The van der Waals surface area contributed by atoms with Gasteiger partial charge in [-0.3, -0.25) is 4.79 Å². The third-order valence-corrected chi connectivity index (χ3v) is 4.78. The Morgan fingerprint density at radius 1 is 1.08 bits per heavy atom. The van der Waals surface area contributed by atoms with Gasteiger partial charge in [0.25, 0.3) is 0 Å². The highest BCUT2D eigenvalue weighted by molar-refractivity contribution is 5.96. The molecule has 0 saturated heterocycles. The van der Waals surface area contributed by atoms with Crippen molar-refractivity contribution >= 4 is 22.6 Å². The Morgan fingerprint density at radius 2 is 1.88 bits per heavy atom. The van der Waals surface area contributed by atoms with E-state index >= 15 is 0 Å². The van der Waals surface area contributed by atoms with Crippen LogP contribution in [-0.2, 0) is 4.79 Å². The van der Waals surface area contributed by atoms with E-state index in [4.69, 9.17) is 4.42 Å². The fourth-order valence-corrected chi connectivity index (χ4v) is 3.47. The normalized spacial score (nSPS) is 16.6. The van der Waals surface area contributed by atoms with E-state index in [0.717, 1.165) is 27.6 Å². The molecule has 2 N–H and O–H groups in total. The van der Waals surface area contributed by atoms with Crippen molar-refractivity contribution in [3.63, 3.8) is 0 Å². The van der Waals surface area contributed by atoms with Crippen LogP contribution >= 0.6 is 0 Å². The first kappa shape index (κ1) is 15.4. The molecule has 0 spiro atoms. The molecular weight excluding hydrogens is 318 g/mol. The van der Waals surface area contributed by atoms with Crippen molar-refractivity contribution in [3.8, 4) is 5.75 Å².